The van der Waals surface area contributed by atoms with Crippen LogP contribution in [-0.4, -0.2) is 76.5 Å². The topological polar surface area (TPSA) is 167 Å². The van der Waals surface area contributed by atoms with Crippen LogP contribution in [0.3, 0.4) is 0 Å². The van der Waals surface area contributed by atoms with E-state index in [4.69, 9.17) is 11.6 Å². The van der Waals surface area contributed by atoms with Gasteiger partial charge in [-0.3, -0.25) is 24.0 Å². The maximum Gasteiger partial charge on any atom is 0.224 e. The zero-order valence-corrected chi connectivity index (χ0v) is 28.0. The molecule has 0 fully saturated rings. The standard InChI is InChI=1S/C26H40ClN5O7.2C2H6/c1-6-26(3,13-23(37)29-14-19-25(39)20(34)11-17(2)32(19)5)16-30-21(35)7-9-28-22(36)8-10-31(4)24(38)12-18(27)15-33;2*1-2/h11,15,18,39H,6-10,12-14,16H2,1-5H3,(H,28,36)(H,29,37)(H,30,35);2*1-2H3. The summed E-state index contributed by atoms with van der Waals surface area (Å²) in [4.78, 5) is 72.5. The Balaban J connectivity index is 0. The number of amides is 4. The van der Waals surface area contributed by atoms with E-state index in [9.17, 15) is 33.9 Å². The fraction of sp³-hybridized carbons (Fsp3) is 0.667. The summed E-state index contributed by atoms with van der Waals surface area (Å²) < 4.78 is 1.64. The second kappa shape index (κ2) is 22.2. The SMILES string of the molecule is CC.CC.CCC(C)(CNC(=O)CCNC(=O)CCN(C)C(=O)CC(Cl)C=O)CC(=O)NCc1c(O)c(=O)cc(C)n1C. The normalized spacial score (nSPS) is 12.1. The Morgan fingerprint density at radius 3 is 2.21 bits per heavy atom. The molecular formula is C30H52ClN5O7. The average Bonchev–Trinajstić information content (AvgIpc) is 2.99. The zero-order chi connectivity index (χ0) is 33.8. The molecule has 1 aromatic heterocycles. The van der Waals surface area contributed by atoms with E-state index in [1.54, 1.807) is 18.5 Å². The highest BCUT2D eigenvalue weighted by molar-refractivity contribution is 6.28. The van der Waals surface area contributed by atoms with E-state index in [1.165, 1.54) is 18.0 Å². The third kappa shape index (κ3) is 16.1. The van der Waals surface area contributed by atoms with Crippen molar-refractivity contribution in [2.75, 3.05) is 26.7 Å². The van der Waals surface area contributed by atoms with Crippen molar-refractivity contribution in [2.24, 2.45) is 12.5 Å². The predicted molar refractivity (Wildman–Crippen MR) is 169 cm³/mol. The first-order valence-corrected chi connectivity index (χ1v) is 15.2. The molecule has 0 aliphatic carbocycles. The molecule has 2 unspecified atom stereocenters. The average molecular weight is 630 g/mol. The molecular weight excluding hydrogens is 578 g/mol. The molecule has 0 saturated heterocycles. The zero-order valence-electron chi connectivity index (χ0n) is 27.3. The summed E-state index contributed by atoms with van der Waals surface area (Å²) in [5, 5.41) is 17.3. The van der Waals surface area contributed by atoms with Crippen molar-refractivity contribution >= 4 is 41.5 Å². The van der Waals surface area contributed by atoms with Crippen molar-refractivity contribution in [2.45, 2.75) is 92.5 Å². The maximum atomic E-state index is 12.6. The number of aryl methyl sites for hydroxylation is 1. The van der Waals surface area contributed by atoms with Gasteiger partial charge in [-0.2, -0.15) is 0 Å². The highest BCUT2D eigenvalue weighted by Gasteiger charge is 2.27. The molecule has 1 aromatic rings. The first-order valence-electron chi connectivity index (χ1n) is 14.7. The highest BCUT2D eigenvalue weighted by atomic mass is 35.5. The number of pyridine rings is 1. The lowest BCUT2D eigenvalue weighted by molar-refractivity contribution is -0.131. The second-order valence-corrected chi connectivity index (χ2v) is 10.5. The summed E-state index contributed by atoms with van der Waals surface area (Å²) in [6.45, 7) is 14.0. The Morgan fingerprint density at radius 2 is 1.65 bits per heavy atom. The molecule has 1 rings (SSSR count). The number of hydrogen-bond acceptors (Lipinski definition) is 7. The van der Waals surface area contributed by atoms with E-state index >= 15 is 0 Å². The third-order valence-corrected chi connectivity index (χ3v) is 6.94. The van der Waals surface area contributed by atoms with E-state index in [0.717, 1.165) is 0 Å². The Bertz CT molecular complexity index is 1110. The van der Waals surface area contributed by atoms with Crippen LogP contribution in [-0.2, 0) is 37.6 Å². The fourth-order valence-electron chi connectivity index (χ4n) is 3.58. The molecule has 1 heterocycles. The van der Waals surface area contributed by atoms with Gasteiger partial charge in [0.1, 0.15) is 6.29 Å². The van der Waals surface area contributed by atoms with E-state index < -0.39 is 22.0 Å². The Hall–Kier alpha value is -3.41. The van der Waals surface area contributed by atoms with Gasteiger partial charge in [0.15, 0.2) is 5.75 Å². The van der Waals surface area contributed by atoms with Crippen LogP contribution in [0.25, 0.3) is 0 Å². The van der Waals surface area contributed by atoms with Gasteiger partial charge in [0.25, 0.3) is 0 Å². The lowest BCUT2D eigenvalue weighted by atomic mass is 9.83. The van der Waals surface area contributed by atoms with Gasteiger partial charge in [0, 0.05) is 71.2 Å². The Morgan fingerprint density at radius 1 is 1.07 bits per heavy atom. The summed E-state index contributed by atoms with van der Waals surface area (Å²) in [6.07, 6.45) is 1.14. The van der Waals surface area contributed by atoms with Gasteiger partial charge in [-0.05, 0) is 18.8 Å². The number of rotatable bonds is 16. The van der Waals surface area contributed by atoms with Crippen LogP contribution in [0, 0.1) is 12.3 Å². The molecule has 0 radical (unpaired) electrons. The number of aromatic nitrogens is 1. The number of alkyl halides is 1. The molecule has 13 heteroatoms. The van der Waals surface area contributed by atoms with Crippen molar-refractivity contribution in [3.05, 3.63) is 27.7 Å². The number of aromatic hydroxyl groups is 1. The quantitative estimate of drug-likeness (QED) is 0.161. The number of carbonyl (C=O) groups is 5. The largest absolute Gasteiger partial charge is 0.503 e. The molecule has 0 bridgehead atoms. The van der Waals surface area contributed by atoms with Crippen LogP contribution in [0.2, 0.25) is 0 Å². The first kappa shape index (κ1) is 41.7. The number of carbonyl (C=O) groups excluding carboxylic acids is 5. The number of hydrogen-bond donors (Lipinski definition) is 4. The van der Waals surface area contributed by atoms with Gasteiger partial charge in [-0.25, -0.2) is 0 Å². The van der Waals surface area contributed by atoms with E-state index in [0.29, 0.717) is 24.1 Å². The van der Waals surface area contributed by atoms with Crippen LogP contribution in [0.15, 0.2) is 10.9 Å². The number of halogens is 1. The minimum atomic E-state index is -0.902. The molecule has 0 aliphatic heterocycles. The summed E-state index contributed by atoms with van der Waals surface area (Å²) in [7, 11) is 3.20. The molecule has 2 atom stereocenters. The van der Waals surface area contributed by atoms with Crippen molar-refractivity contribution in [3.8, 4) is 5.75 Å². The van der Waals surface area contributed by atoms with Crippen molar-refractivity contribution in [1.29, 1.82) is 0 Å². The lowest BCUT2D eigenvalue weighted by Crippen LogP contribution is -2.40. The second-order valence-electron chi connectivity index (χ2n) is 9.92. The third-order valence-electron chi connectivity index (χ3n) is 6.68. The van der Waals surface area contributed by atoms with Gasteiger partial charge in [-0.1, -0.05) is 41.5 Å². The molecule has 4 amide bonds. The molecule has 246 valence electrons. The van der Waals surface area contributed by atoms with Crippen LogP contribution in [0.4, 0.5) is 0 Å². The van der Waals surface area contributed by atoms with Gasteiger partial charge in [-0.15, -0.1) is 11.6 Å². The Kier molecular flexibility index (Phi) is 21.5. The van der Waals surface area contributed by atoms with E-state index in [-0.39, 0.29) is 75.5 Å². The van der Waals surface area contributed by atoms with Gasteiger partial charge < -0.3 is 35.3 Å². The molecule has 0 saturated carbocycles. The molecule has 0 aromatic carbocycles. The number of nitrogens with one attached hydrogen (secondary N) is 3. The van der Waals surface area contributed by atoms with Crippen LogP contribution in [0.5, 0.6) is 5.75 Å². The summed E-state index contributed by atoms with van der Waals surface area (Å²) in [5.41, 5.74) is -0.0858. The minimum Gasteiger partial charge on any atom is -0.503 e. The number of nitrogens with zero attached hydrogens (tertiary/aromatic N) is 2. The van der Waals surface area contributed by atoms with E-state index in [2.05, 4.69) is 16.0 Å². The highest BCUT2D eigenvalue weighted by Crippen LogP contribution is 2.25. The monoisotopic (exact) mass is 629 g/mol. The van der Waals surface area contributed by atoms with Crippen LogP contribution < -0.4 is 21.4 Å². The van der Waals surface area contributed by atoms with Crippen molar-refractivity contribution in [3.63, 3.8) is 0 Å². The summed E-state index contributed by atoms with van der Waals surface area (Å²) >= 11 is 5.64. The molecule has 0 spiro atoms. The maximum absolute atomic E-state index is 12.6. The van der Waals surface area contributed by atoms with Gasteiger partial charge in [0.05, 0.1) is 17.6 Å². The fourth-order valence-corrected chi connectivity index (χ4v) is 3.72. The molecule has 12 nitrogen and oxygen atoms in total. The van der Waals surface area contributed by atoms with Crippen molar-refractivity contribution in [1.82, 2.24) is 25.4 Å². The Labute approximate surface area is 260 Å². The molecule has 43 heavy (non-hydrogen) atoms. The summed E-state index contributed by atoms with van der Waals surface area (Å²) in [5.74, 6) is -1.65. The van der Waals surface area contributed by atoms with Gasteiger partial charge in [0.2, 0.25) is 29.1 Å². The van der Waals surface area contributed by atoms with Crippen LogP contribution in [0.1, 0.15) is 85.0 Å². The lowest BCUT2D eigenvalue weighted by Gasteiger charge is -2.28. The van der Waals surface area contributed by atoms with Crippen LogP contribution >= 0.6 is 11.6 Å². The van der Waals surface area contributed by atoms with Crippen molar-refractivity contribution < 1.29 is 29.1 Å². The summed E-state index contributed by atoms with van der Waals surface area (Å²) in [6, 6.07) is 1.32. The first-order chi connectivity index (χ1) is 20.2. The van der Waals surface area contributed by atoms with Gasteiger partial charge >= 0.3 is 0 Å². The minimum absolute atomic E-state index is 0.0140. The predicted octanol–water partition coefficient (Wildman–Crippen LogP) is 2.54. The molecule has 0 aliphatic rings. The smallest absolute Gasteiger partial charge is 0.224 e. The van der Waals surface area contributed by atoms with E-state index in [1.807, 2.05) is 41.5 Å². The molecule has 4 N–H and O–H groups in total. The number of aldehydes is 1.